The topological polar surface area (TPSA) is 92.8 Å². The van der Waals surface area contributed by atoms with E-state index in [2.05, 4.69) is 0 Å². The van der Waals surface area contributed by atoms with Crippen molar-refractivity contribution in [2.75, 3.05) is 13.4 Å². The monoisotopic (exact) mass is 392 g/mol. The summed E-state index contributed by atoms with van der Waals surface area (Å²) in [5.74, 6) is 0.875. The fourth-order valence-corrected chi connectivity index (χ4v) is 3.48. The average molecular weight is 392 g/mol. The van der Waals surface area contributed by atoms with Gasteiger partial charge in [-0.15, -0.1) is 0 Å². The number of aryl methyl sites for hydroxylation is 1. The molecule has 3 aromatic rings. The number of para-hydroxylation sites is 1. The molecule has 0 atom stereocenters. The van der Waals surface area contributed by atoms with E-state index in [-0.39, 0.29) is 30.5 Å². The molecular formula is C22H20N2O5. The second kappa shape index (κ2) is 7.35. The maximum absolute atomic E-state index is 12.8. The van der Waals surface area contributed by atoms with Gasteiger partial charge >= 0.3 is 0 Å². The molecule has 4 rings (SSSR count). The van der Waals surface area contributed by atoms with Crippen molar-refractivity contribution in [3.8, 4) is 22.9 Å². The van der Waals surface area contributed by atoms with Crippen LogP contribution in [0.1, 0.15) is 32.1 Å². The van der Waals surface area contributed by atoms with Gasteiger partial charge in [-0.2, -0.15) is 0 Å². The van der Waals surface area contributed by atoms with Gasteiger partial charge in [0.25, 0.3) is 5.91 Å². The number of carbonyl (C=O) groups excluding carboxylic acids is 2. The Hall–Kier alpha value is -3.74. The number of hydrogen-bond donors (Lipinski definition) is 1. The van der Waals surface area contributed by atoms with Gasteiger partial charge in [-0.05, 0) is 44.2 Å². The third-order valence-corrected chi connectivity index (χ3v) is 4.86. The van der Waals surface area contributed by atoms with Crippen LogP contribution in [-0.4, -0.2) is 29.7 Å². The number of amides is 1. The van der Waals surface area contributed by atoms with Crippen LogP contribution in [0.5, 0.6) is 17.2 Å². The molecule has 0 aliphatic carbocycles. The summed E-state index contributed by atoms with van der Waals surface area (Å²) in [6.07, 6.45) is 0. The fourth-order valence-electron chi connectivity index (χ4n) is 3.48. The zero-order chi connectivity index (χ0) is 20.5. The lowest BCUT2D eigenvalue weighted by Gasteiger charge is -2.11. The van der Waals surface area contributed by atoms with Crippen LogP contribution >= 0.6 is 0 Å². The van der Waals surface area contributed by atoms with Gasteiger partial charge in [-0.3, -0.25) is 9.59 Å². The second-order valence-electron chi connectivity index (χ2n) is 6.73. The standard InChI is InChI=1S/C22H20N2O5/c1-13-9-17(18(25)11-27-19-6-4-3-5-16(19)22(23)26)14(2)24(13)15-7-8-20-21(10-15)29-12-28-20/h3-10H,11-12H2,1-2H3,(H2,23,26). The Morgan fingerprint density at radius 3 is 2.59 bits per heavy atom. The number of primary amides is 1. The summed E-state index contributed by atoms with van der Waals surface area (Å²) in [4.78, 5) is 24.3. The summed E-state index contributed by atoms with van der Waals surface area (Å²) in [5.41, 5.74) is 8.72. The molecule has 0 spiro atoms. The first kappa shape index (κ1) is 18.6. The Balaban J connectivity index is 1.58. The highest BCUT2D eigenvalue weighted by atomic mass is 16.7. The number of carbonyl (C=O) groups is 2. The predicted octanol–water partition coefficient (Wildman–Crippen LogP) is 3.18. The average Bonchev–Trinajstić information content (AvgIpc) is 3.29. The van der Waals surface area contributed by atoms with Crippen LogP contribution in [0.25, 0.3) is 5.69 Å². The molecule has 0 saturated heterocycles. The van der Waals surface area contributed by atoms with Crippen molar-refractivity contribution in [1.82, 2.24) is 4.57 Å². The van der Waals surface area contributed by atoms with Gasteiger partial charge < -0.3 is 24.5 Å². The number of hydrogen-bond acceptors (Lipinski definition) is 5. The SMILES string of the molecule is Cc1cc(C(=O)COc2ccccc2C(N)=O)c(C)n1-c1ccc2c(c1)OCO2. The van der Waals surface area contributed by atoms with Gasteiger partial charge in [0.05, 0.1) is 5.56 Å². The van der Waals surface area contributed by atoms with Crippen LogP contribution in [0, 0.1) is 13.8 Å². The molecule has 2 N–H and O–H groups in total. The van der Waals surface area contributed by atoms with E-state index in [0.29, 0.717) is 17.1 Å². The number of nitrogens with two attached hydrogens (primary N) is 1. The summed E-state index contributed by atoms with van der Waals surface area (Å²) >= 11 is 0. The van der Waals surface area contributed by atoms with Gasteiger partial charge in [0.1, 0.15) is 5.75 Å². The van der Waals surface area contributed by atoms with E-state index in [4.69, 9.17) is 19.9 Å². The summed E-state index contributed by atoms with van der Waals surface area (Å²) < 4.78 is 18.4. The maximum atomic E-state index is 12.8. The van der Waals surface area contributed by atoms with E-state index in [1.807, 2.05) is 42.7 Å². The fraction of sp³-hybridized carbons (Fsp3) is 0.182. The van der Waals surface area contributed by atoms with Crippen LogP contribution in [0.2, 0.25) is 0 Å². The summed E-state index contributed by atoms with van der Waals surface area (Å²) in [6, 6.07) is 14.1. The molecule has 7 nitrogen and oxygen atoms in total. The third-order valence-electron chi connectivity index (χ3n) is 4.86. The predicted molar refractivity (Wildman–Crippen MR) is 106 cm³/mol. The van der Waals surface area contributed by atoms with E-state index in [1.54, 1.807) is 24.3 Å². The molecule has 2 aromatic carbocycles. The van der Waals surface area contributed by atoms with Gasteiger partial charge in [0, 0.05) is 28.7 Å². The first-order chi connectivity index (χ1) is 14.0. The zero-order valence-electron chi connectivity index (χ0n) is 16.1. The summed E-state index contributed by atoms with van der Waals surface area (Å²) in [6.45, 7) is 3.81. The highest BCUT2D eigenvalue weighted by molar-refractivity contribution is 5.99. The Morgan fingerprint density at radius 1 is 1.03 bits per heavy atom. The third kappa shape index (κ3) is 3.42. The van der Waals surface area contributed by atoms with E-state index in [0.717, 1.165) is 17.1 Å². The van der Waals surface area contributed by atoms with Gasteiger partial charge in [0.2, 0.25) is 12.6 Å². The molecule has 2 heterocycles. The smallest absolute Gasteiger partial charge is 0.252 e. The van der Waals surface area contributed by atoms with Crippen LogP contribution in [-0.2, 0) is 0 Å². The number of ketones is 1. The molecule has 0 fully saturated rings. The Morgan fingerprint density at radius 2 is 1.79 bits per heavy atom. The summed E-state index contributed by atoms with van der Waals surface area (Å²) in [7, 11) is 0. The number of aromatic nitrogens is 1. The maximum Gasteiger partial charge on any atom is 0.252 e. The van der Waals surface area contributed by atoms with Crippen LogP contribution in [0.15, 0.2) is 48.5 Å². The van der Waals surface area contributed by atoms with E-state index in [1.165, 1.54) is 0 Å². The second-order valence-corrected chi connectivity index (χ2v) is 6.73. The van der Waals surface area contributed by atoms with Crippen molar-refractivity contribution in [3.63, 3.8) is 0 Å². The van der Waals surface area contributed by atoms with E-state index < -0.39 is 5.91 Å². The Bertz CT molecular complexity index is 1120. The Labute approximate surface area is 167 Å². The molecule has 1 aliphatic rings. The van der Waals surface area contributed by atoms with Crippen molar-refractivity contribution in [2.45, 2.75) is 13.8 Å². The molecule has 1 amide bonds. The number of Topliss-reactive ketones (excluding diaryl/α,β-unsaturated/α-hetero) is 1. The molecule has 7 heteroatoms. The molecule has 0 bridgehead atoms. The first-order valence-electron chi connectivity index (χ1n) is 9.09. The number of nitrogens with zero attached hydrogens (tertiary/aromatic N) is 1. The molecular weight excluding hydrogens is 372 g/mol. The van der Waals surface area contributed by atoms with E-state index in [9.17, 15) is 9.59 Å². The van der Waals surface area contributed by atoms with Crippen molar-refractivity contribution in [3.05, 3.63) is 71.0 Å². The minimum Gasteiger partial charge on any atom is -0.485 e. The first-order valence-corrected chi connectivity index (χ1v) is 9.09. The van der Waals surface area contributed by atoms with Crippen molar-refractivity contribution >= 4 is 11.7 Å². The minimum absolute atomic E-state index is 0.190. The molecule has 148 valence electrons. The lowest BCUT2D eigenvalue weighted by atomic mass is 10.1. The Kier molecular flexibility index (Phi) is 4.72. The highest BCUT2D eigenvalue weighted by Gasteiger charge is 2.20. The number of rotatable bonds is 6. The quantitative estimate of drug-likeness (QED) is 0.651. The summed E-state index contributed by atoms with van der Waals surface area (Å²) in [5, 5.41) is 0. The molecule has 0 radical (unpaired) electrons. The normalized spacial score (nSPS) is 12.1. The lowest BCUT2D eigenvalue weighted by molar-refractivity contribution is 0.0911. The zero-order valence-corrected chi connectivity index (χ0v) is 16.1. The van der Waals surface area contributed by atoms with Gasteiger partial charge in [0.15, 0.2) is 18.1 Å². The van der Waals surface area contributed by atoms with Crippen LogP contribution in [0.4, 0.5) is 0 Å². The molecule has 29 heavy (non-hydrogen) atoms. The van der Waals surface area contributed by atoms with Crippen molar-refractivity contribution in [1.29, 1.82) is 0 Å². The largest absolute Gasteiger partial charge is 0.485 e. The van der Waals surface area contributed by atoms with Gasteiger partial charge in [-0.1, -0.05) is 12.1 Å². The lowest BCUT2D eigenvalue weighted by Crippen LogP contribution is -2.17. The number of ether oxygens (including phenoxy) is 3. The molecule has 1 aliphatic heterocycles. The van der Waals surface area contributed by atoms with Crippen LogP contribution in [0.3, 0.4) is 0 Å². The van der Waals surface area contributed by atoms with Crippen LogP contribution < -0.4 is 19.9 Å². The molecule has 1 aromatic heterocycles. The van der Waals surface area contributed by atoms with Gasteiger partial charge in [-0.25, -0.2) is 0 Å². The number of fused-ring (bicyclic) bond motifs is 1. The van der Waals surface area contributed by atoms with Crippen molar-refractivity contribution in [2.24, 2.45) is 5.73 Å². The minimum atomic E-state index is -0.603. The number of benzene rings is 2. The molecule has 0 saturated carbocycles. The molecule has 0 unspecified atom stereocenters. The van der Waals surface area contributed by atoms with Crippen molar-refractivity contribution < 1.29 is 23.8 Å². The van der Waals surface area contributed by atoms with E-state index >= 15 is 0 Å². The highest BCUT2D eigenvalue weighted by Crippen LogP contribution is 2.35.